The Morgan fingerprint density at radius 1 is 1.53 bits per heavy atom. The number of nitrogens with zero attached hydrogens (tertiary/aromatic N) is 4. The fourth-order valence-electron chi connectivity index (χ4n) is 2.46. The van der Waals surface area contributed by atoms with Gasteiger partial charge in [-0.2, -0.15) is 10.4 Å². The van der Waals surface area contributed by atoms with Gasteiger partial charge < -0.3 is 4.90 Å². The highest BCUT2D eigenvalue weighted by atomic mass is 16.2. The molecule has 1 aliphatic rings. The van der Waals surface area contributed by atoms with Gasteiger partial charge >= 0.3 is 0 Å². The van der Waals surface area contributed by atoms with Crippen LogP contribution in [0.2, 0.25) is 0 Å². The zero-order valence-corrected chi connectivity index (χ0v) is 11.8. The van der Waals surface area contributed by atoms with Crippen LogP contribution in [0.25, 0.3) is 0 Å². The molecule has 0 unspecified atom stereocenters. The van der Waals surface area contributed by atoms with Crippen LogP contribution in [0.5, 0.6) is 0 Å². The van der Waals surface area contributed by atoms with Crippen LogP contribution in [0.1, 0.15) is 42.7 Å². The van der Waals surface area contributed by atoms with Gasteiger partial charge in [0.05, 0.1) is 22.7 Å². The van der Waals surface area contributed by atoms with E-state index in [1.807, 2.05) is 25.8 Å². The van der Waals surface area contributed by atoms with E-state index < -0.39 is 0 Å². The number of aromatic nitrogens is 2. The van der Waals surface area contributed by atoms with Crippen molar-refractivity contribution in [3.63, 3.8) is 0 Å². The Morgan fingerprint density at radius 2 is 2.16 bits per heavy atom. The van der Waals surface area contributed by atoms with E-state index >= 15 is 0 Å². The van der Waals surface area contributed by atoms with E-state index in [1.54, 1.807) is 10.9 Å². The normalized spacial score (nSPS) is 18.1. The van der Waals surface area contributed by atoms with E-state index in [1.165, 1.54) is 0 Å². The minimum Gasteiger partial charge on any atom is -0.338 e. The molecule has 0 spiro atoms. The van der Waals surface area contributed by atoms with E-state index in [2.05, 4.69) is 11.2 Å². The maximum Gasteiger partial charge on any atom is 0.257 e. The van der Waals surface area contributed by atoms with Crippen LogP contribution in [0.15, 0.2) is 6.20 Å². The van der Waals surface area contributed by atoms with Gasteiger partial charge in [0.2, 0.25) is 0 Å². The molecule has 102 valence electrons. The number of hydrogen-bond acceptors (Lipinski definition) is 3. The smallest absolute Gasteiger partial charge is 0.257 e. The highest BCUT2D eigenvalue weighted by Crippen LogP contribution is 2.30. The van der Waals surface area contributed by atoms with E-state index in [0.717, 1.165) is 25.0 Å². The number of aryl methyl sites for hydroxylation is 2. The second kappa shape index (κ2) is 5.04. The lowest BCUT2D eigenvalue weighted by Gasteiger charge is -2.34. The minimum absolute atomic E-state index is 0.0462. The highest BCUT2D eigenvalue weighted by molar-refractivity contribution is 5.95. The first-order chi connectivity index (χ1) is 8.99. The van der Waals surface area contributed by atoms with E-state index in [4.69, 9.17) is 5.26 Å². The lowest BCUT2D eigenvalue weighted by molar-refractivity contribution is 0.0660. The number of nitriles is 1. The van der Waals surface area contributed by atoms with Gasteiger partial charge in [0, 0.05) is 26.3 Å². The van der Waals surface area contributed by atoms with E-state index in [-0.39, 0.29) is 11.3 Å². The lowest BCUT2D eigenvalue weighted by Crippen LogP contribution is -2.41. The second-order valence-corrected chi connectivity index (χ2v) is 5.48. The molecule has 1 saturated heterocycles. The summed E-state index contributed by atoms with van der Waals surface area (Å²) in [5.41, 5.74) is 1.27. The molecular weight excluding hydrogens is 240 g/mol. The first-order valence-corrected chi connectivity index (χ1v) is 6.72. The number of carbonyl (C=O) groups is 1. The molecular formula is C14H20N4O. The fraction of sp³-hybridized carbons (Fsp3) is 0.643. The summed E-state index contributed by atoms with van der Waals surface area (Å²) in [5.74, 6) is 0.0462. The predicted octanol–water partition coefficient (Wildman–Crippen LogP) is 1.75. The van der Waals surface area contributed by atoms with Gasteiger partial charge in [0.15, 0.2) is 0 Å². The van der Waals surface area contributed by atoms with Crippen LogP contribution in [0.4, 0.5) is 0 Å². The van der Waals surface area contributed by atoms with Crippen LogP contribution < -0.4 is 0 Å². The summed E-state index contributed by atoms with van der Waals surface area (Å²) in [6.07, 6.45) is 4.04. The molecule has 5 nitrogen and oxygen atoms in total. The van der Waals surface area contributed by atoms with Gasteiger partial charge in [-0.1, -0.05) is 6.92 Å². The molecule has 0 saturated carbocycles. The van der Waals surface area contributed by atoms with Crippen LogP contribution in [0, 0.1) is 16.7 Å². The Hall–Kier alpha value is -1.83. The molecule has 0 radical (unpaired) electrons. The van der Waals surface area contributed by atoms with Gasteiger partial charge in [0.1, 0.15) is 0 Å². The van der Waals surface area contributed by atoms with Crippen molar-refractivity contribution in [1.29, 1.82) is 5.26 Å². The third kappa shape index (κ3) is 2.62. The summed E-state index contributed by atoms with van der Waals surface area (Å²) in [7, 11) is 1.83. The highest BCUT2D eigenvalue weighted by Gasteiger charge is 2.32. The second-order valence-electron chi connectivity index (χ2n) is 5.48. The molecule has 5 heteroatoms. The van der Waals surface area contributed by atoms with Crippen molar-refractivity contribution in [3.8, 4) is 6.07 Å². The number of amides is 1. The molecule has 2 heterocycles. The molecule has 0 aromatic carbocycles. The maximum absolute atomic E-state index is 12.5. The van der Waals surface area contributed by atoms with Gasteiger partial charge in [-0.15, -0.1) is 0 Å². The van der Waals surface area contributed by atoms with Crippen molar-refractivity contribution in [2.45, 2.75) is 33.1 Å². The summed E-state index contributed by atoms with van der Waals surface area (Å²) in [5, 5.41) is 13.4. The van der Waals surface area contributed by atoms with Gasteiger partial charge in [-0.25, -0.2) is 0 Å². The molecule has 2 rings (SSSR count). The van der Waals surface area contributed by atoms with Crippen molar-refractivity contribution in [2.24, 2.45) is 12.5 Å². The average molecular weight is 260 g/mol. The molecule has 1 amide bonds. The summed E-state index contributed by atoms with van der Waals surface area (Å²) in [6, 6.07) is 2.35. The number of rotatable bonds is 2. The van der Waals surface area contributed by atoms with Crippen molar-refractivity contribution >= 4 is 5.91 Å². The third-order valence-electron chi connectivity index (χ3n) is 3.89. The van der Waals surface area contributed by atoms with Crippen LogP contribution in [0.3, 0.4) is 0 Å². The summed E-state index contributed by atoms with van der Waals surface area (Å²) >= 11 is 0. The maximum atomic E-state index is 12.5. The Balaban J connectivity index is 2.12. The number of piperidine rings is 1. The fourth-order valence-corrected chi connectivity index (χ4v) is 2.46. The van der Waals surface area contributed by atoms with Crippen LogP contribution in [-0.2, 0) is 13.5 Å². The Bertz CT molecular complexity index is 518. The Labute approximate surface area is 113 Å². The first-order valence-electron chi connectivity index (χ1n) is 6.72. The molecule has 0 N–H and O–H groups in total. The van der Waals surface area contributed by atoms with Gasteiger partial charge in [0.25, 0.3) is 5.91 Å². The van der Waals surface area contributed by atoms with E-state index in [0.29, 0.717) is 18.7 Å². The molecule has 1 fully saturated rings. The predicted molar refractivity (Wildman–Crippen MR) is 71.4 cm³/mol. The Kier molecular flexibility index (Phi) is 3.61. The topological polar surface area (TPSA) is 61.9 Å². The molecule has 1 aromatic heterocycles. The lowest BCUT2D eigenvalue weighted by atomic mass is 9.82. The van der Waals surface area contributed by atoms with Crippen molar-refractivity contribution < 1.29 is 4.79 Å². The number of likely N-dealkylation sites (tertiary alicyclic amines) is 1. The zero-order chi connectivity index (χ0) is 14.0. The van der Waals surface area contributed by atoms with Gasteiger partial charge in [-0.05, 0) is 26.2 Å². The molecule has 0 atom stereocenters. The molecule has 0 aliphatic carbocycles. The average Bonchev–Trinajstić information content (AvgIpc) is 2.80. The summed E-state index contributed by atoms with van der Waals surface area (Å²) < 4.78 is 1.69. The monoisotopic (exact) mass is 260 g/mol. The third-order valence-corrected chi connectivity index (χ3v) is 3.89. The van der Waals surface area contributed by atoms with Crippen molar-refractivity contribution in [1.82, 2.24) is 14.7 Å². The SMILES string of the molecule is CCc1nn(C)cc1C(=O)N1CCC(C)(C#N)CC1. The largest absolute Gasteiger partial charge is 0.338 e. The van der Waals surface area contributed by atoms with Crippen LogP contribution in [-0.4, -0.2) is 33.7 Å². The first kappa shape index (κ1) is 13.6. The summed E-state index contributed by atoms with van der Waals surface area (Å²) in [4.78, 5) is 14.3. The van der Waals surface area contributed by atoms with Gasteiger partial charge in [-0.3, -0.25) is 9.48 Å². The number of carbonyl (C=O) groups excluding carboxylic acids is 1. The van der Waals surface area contributed by atoms with E-state index in [9.17, 15) is 4.79 Å². The summed E-state index contributed by atoms with van der Waals surface area (Å²) in [6.45, 7) is 5.28. The molecule has 1 aliphatic heterocycles. The zero-order valence-electron chi connectivity index (χ0n) is 11.8. The molecule has 0 bridgehead atoms. The number of hydrogen-bond donors (Lipinski definition) is 0. The Morgan fingerprint density at radius 3 is 2.68 bits per heavy atom. The quantitative estimate of drug-likeness (QED) is 0.813. The molecule has 1 aromatic rings. The van der Waals surface area contributed by atoms with Crippen molar-refractivity contribution in [3.05, 3.63) is 17.5 Å². The van der Waals surface area contributed by atoms with Crippen LogP contribution >= 0.6 is 0 Å². The molecule has 19 heavy (non-hydrogen) atoms. The van der Waals surface area contributed by atoms with Crippen molar-refractivity contribution in [2.75, 3.05) is 13.1 Å². The minimum atomic E-state index is -0.278. The standard InChI is InChI=1S/C14H20N4O/c1-4-12-11(9-17(3)16-12)13(19)18-7-5-14(2,10-15)6-8-18/h9H,4-8H2,1-3H3.